The predicted octanol–water partition coefficient (Wildman–Crippen LogP) is 5.43. The molecular formula is C72H88Cl5N15O14. The number of hydrogen-bond acceptors (Lipinski definition) is 23. The average Bonchev–Trinajstić information content (AvgIpc) is 1.02. The first-order chi connectivity index (χ1) is 50.4. The molecule has 0 fully saturated rings. The second-order valence-corrected chi connectivity index (χ2v) is 25.3. The predicted molar refractivity (Wildman–Crippen MR) is 398 cm³/mol. The fourth-order valence-electron chi connectivity index (χ4n) is 10.7. The number of azo groups is 1. The third-order valence-corrected chi connectivity index (χ3v) is 17.1. The van der Waals surface area contributed by atoms with Crippen LogP contribution in [0.1, 0.15) is 101 Å². The third kappa shape index (κ3) is 26.5. The lowest BCUT2D eigenvalue weighted by Crippen LogP contribution is -3.05. The van der Waals surface area contributed by atoms with Gasteiger partial charge >= 0.3 is 17.9 Å². The van der Waals surface area contributed by atoms with Crippen LogP contribution in [0.25, 0.3) is 11.2 Å². The Morgan fingerprint density at radius 2 is 1.18 bits per heavy atom. The molecule has 6 heterocycles. The van der Waals surface area contributed by atoms with Crippen molar-refractivity contribution in [2.24, 2.45) is 26.2 Å². The molecule has 4 aromatic carbocycles. The highest BCUT2D eigenvalue weighted by atomic mass is 35.5. The molecule has 570 valence electrons. The minimum Gasteiger partial charge on any atom is -1.00 e. The van der Waals surface area contributed by atoms with Gasteiger partial charge in [0.25, 0.3) is 5.91 Å². The number of carbonyl (C=O) groups excluding carboxylic acids is 5. The number of hydrazone groups is 2. The molecule has 10 N–H and O–H groups in total. The van der Waals surface area contributed by atoms with Crippen LogP contribution >= 0.6 is 46.4 Å². The number of hydrogen-bond donors (Lipinski definition) is 9. The first-order valence-corrected chi connectivity index (χ1v) is 34.8. The Kier molecular flexibility index (Phi) is 37.0. The summed E-state index contributed by atoms with van der Waals surface area (Å²) in [6.45, 7) is 13.9. The SMILES string of the molecule is CCN=NCCC[NH+](C)C.COC(=O)C1=C(C)NC(COCCN)=C(C)C1c1ccccc1Cl.COC(=O)C1=C(C)NC(COCCNC(=O)COc2ccc(C3=NNC(=O)CC3)cc2Cl)=C(C)C1c1ccccc1Cl.O=C(O)COc1ccc(C2=NNC(=O)CC2)cc1Cl.On1nnc2cccnc21.[Cl-]. The van der Waals surface area contributed by atoms with E-state index in [9.17, 15) is 28.8 Å². The van der Waals surface area contributed by atoms with Crippen LogP contribution in [0.4, 0.5) is 0 Å². The molecule has 0 radical (unpaired) electrons. The van der Waals surface area contributed by atoms with E-state index in [4.69, 9.17) is 90.9 Å². The van der Waals surface area contributed by atoms with E-state index >= 15 is 0 Å². The second-order valence-electron chi connectivity index (χ2n) is 23.7. The lowest BCUT2D eigenvalue weighted by Gasteiger charge is -2.31. The Morgan fingerprint density at radius 1 is 0.679 bits per heavy atom. The van der Waals surface area contributed by atoms with Crippen molar-refractivity contribution in [1.82, 2.24) is 46.9 Å². The number of ether oxygens (including phenoxy) is 6. The Morgan fingerprint density at radius 3 is 1.61 bits per heavy atom. The highest BCUT2D eigenvalue weighted by molar-refractivity contribution is 6.33. The molecule has 4 aliphatic heterocycles. The van der Waals surface area contributed by atoms with E-state index in [1.54, 1.807) is 60.8 Å². The lowest BCUT2D eigenvalue weighted by atomic mass is 9.81. The molecule has 0 saturated carbocycles. The summed E-state index contributed by atoms with van der Waals surface area (Å²) >= 11 is 25.2. The summed E-state index contributed by atoms with van der Waals surface area (Å²) in [5, 5.41) is 51.3. The van der Waals surface area contributed by atoms with Crippen molar-refractivity contribution in [3.8, 4) is 11.5 Å². The number of quaternary nitrogens is 1. The van der Waals surface area contributed by atoms with Crippen molar-refractivity contribution in [2.45, 2.75) is 78.6 Å². The lowest BCUT2D eigenvalue weighted by molar-refractivity contribution is -0.858. The van der Waals surface area contributed by atoms with Crippen molar-refractivity contribution in [1.29, 1.82) is 0 Å². The Labute approximate surface area is 640 Å². The highest BCUT2D eigenvalue weighted by Gasteiger charge is 2.35. The second kappa shape index (κ2) is 45.1. The fraction of sp³-hybridized carbons (Fsp3) is 0.375. The maximum absolute atomic E-state index is 12.6. The zero-order chi connectivity index (χ0) is 76.5. The molecule has 6 aromatic rings. The van der Waals surface area contributed by atoms with E-state index in [1.807, 2.05) is 77.1 Å². The van der Waals surface area contributed by atoms with Crippen LogP contribution in [-0.4, -0.2) is 178 Å². The van der Waals surface area contributed by atoms with Gasteiger partial charge in [-0.15, -0.1) is 5.10 Å². The van der Waals surface area contributed by atoms with E-state index in [1.165, 1.54) is 25.7 Å². The third-order valence-electron chi connectivity index (χ3n) is 15.9. The molecule has 0 spiro atoms. The first kappa shape index (κ1) is 87.1. The minimum atomic E-state index is -1.07. The topological polar surface area (TPSA) is 382 Å². The van der Waals surface area contributed by atoms with Gasteiger partial charge in [0.15, 0.2) is 13.2 Å². The van der Waals surface area contributed by atoms with Gasteiger partial charge in [-0.3, -0.25) is 14.4 Å². The first-order valence-electron chi connectivity index (χ1n) is 33.3. The molecule has 3 amide bonds. The quantitative estimate of drug-likeness (QED) is 0.0141. The molecule has 2 atom stereocenters. The zero-order valence-corrected chi connectivity index (χ0v) is 63.9. The van der Waals surface area contributed by atoms with Crippen molar-refractivity contribution in [3.63, 3.8) is 0 Å². The van der Waals surface area contributed by atoms with Gasteiger partial charge in [0.05, 0.1) is 107 Å². The molecule has 10 rings (SSSR count). The average molecular weight is 1560 g/mol. The van der Waals surface area contributed by atoms with Gasteiger partial charge in [-0.05, 0) is 134 Å². The van der Waals surface area contributed by atoms with Crippen LogP contribution < -0.4 is 59.3 Å². The number of nitrogens with two attached hydrogens (primary N) is 1. The Bertz CT molecular complexity index is 4260. The maximum atomic E-state index is 12.6. The number of nitrogens with zero attached hydrogens (tertiary/aromatic N) is 8. The van der Waals surface area contributed by atoms with Gasteiger partial charge in [0, 0.05) is 96.1 Å². The van der Waals surface area contributed by atoms with E-state index in [-0.39, 0.29) is 74.3 Å². The summed E-state index contributed by atoms with van der Waals surface area (Å²) in [6, 6.07) is 28.4. The number of pyridine rings is 1. The number of amides is 3. The monoisotopic (exact) mass is 1560 g/mol. The summed E-state index contributed by atoms with van der Waals surface area (Å²) in [5.74, 6) is -2.44. The number of carboxylic acids is 1. The number of aromatic nitrogens is 4. The number of carboxylic acid groups (broad SMARTS) is 1. The molecule has 0 aliphatic carbocycles. The Balaban J connectivity index is 0.000000265. The maximum Gasteiger partial charge on any atom is 0.341 e. The molecule has 34 heteroatoms. The van der Waals surface area contributed by atoms with Crippen molar-refractivity contribution >= 4 is 105 Å². The number of nitrogens with one attached hydrogen (secondary N) is 6. The summed E-state index contributed by atoms with van der Waals surface area (Å²) in [4.78, 5) is 76.0. The van der Waals surface area contributed by atoms with Crippen LogP contribution in [-0.2, 0) is 47.7 Å². The molecule has 29 nitrogen and oxygen atoms in total. The summed E-state index contributed by atoms with van der Waals surface area (Å²) in [6.07, 6.45) is 4.52. The summed E-state index contributed by atoms with van der Waals surface area (Å²) < 4.78 is 32.0. The number of benzene rings is 4. The summed E-state index contributed by atoms with van der Waals surface area (Å²) in [5.41, 5.74) is 22.0. The van der Waals surface area contributed by atoms with Crippen molar-refractivity contribution < 1.29 is 84.8 Å². The number of esters is 2. The van der Waals surface area contributed by atoms with Crippen molar-refractivity contribution in [3.05, 3.63) is 191 Å². The summed E-state index contributed by atoms with van der Waals surface area (Å²) in [7, 11) is 7.03. The van der Waals surface area contributed by atoms with Crippen LogP contribution in [0.2, 0.25) is 20.1 Å². The fourth-order valence-corrected chi connectivity index (χ4v) is 11.6. The molecule has 106 heavy (non-hydrogen) atoms. The highest BCUT2D eigenvalue weighted by Crippen LogP contribution is 2.43. The van der Waals surface area contributed by atoms with E-state index in [0.717, 1.165) is 81.4 Å². The van der Waals surface area contributed by atoms with Gasteiger partial charge in [-0.25, -0.2) is 30.2 Å². The normalized spacial score (nSPS) is 15.4. The molecule has 0 saturated heterocycles. The molecule has 0 bridgehead atoms. The number of carbonyl (C=O) groups is 6. The molecule has 2 unspecified atom stereocenters. The standard InChI is InChI=1S/C30H32Cl2N4O6.C18H23ClN2O3.C12H11ClN2O4.C7H17N3.C5H4N4O.ClH/c1-17-24(34-18(2)29(30(39)40-3)28(17)20-6-4-5-7-21(20)31)15-41-13-12-33-27(38)16-42-25-10-8-19(14-22(25)32)23-9-11-26(37)36-35-23;1-11-15(10-24-9-8-20)21-12(2)17(18(22)23-3)16(11)13-6-4-5-7-14(13)19;13-8-5-7(9-2-4-11(16)15-14-9)1-3-10(8)19-6-12(17)18;1-4-8-9-6-5-7-10(2)3;10-9-5-4(7-8-9)2-1-3-6-5;/h4-8,10,14,28,34H,9,11-13,15-16H2,1-3H3,(H,33,38)(H,36,37);4-7,16,21H,8-10,20H2,1-3H3;1,3,5H,2,4,6H2,(H,15,16)(H,17,18);4-7H2,1-3H3;1-3,10H;1H. The van der Waals surface area contributed by atoms with Crippen LogP contribution in [0.15, 0.2) is 169 Å². The number of fused-ring (bicyclic) bond motifs is 1. The number of rotatable bonds is 26. The van der Waals surface area contributed by atoms with Gasteiger partial charge in [0.1, 0.15) is 17.0 Å². The number of methoxy groups -OCH3 is 2. The number of halogens is 5. The van der Waals surface area contributed by atoms with Gasteiger partial charge in [-0.1, -0.05) is 87.6 Å². The minimum absolute atomic E-state index is 0. The van der Waals surface area contributed by atoms with Crippen molar-refractivity contribution in [2.75, 3.05) is 101 Å². The van der Waals surface area contributed by atoms with Gasteiger partial charge in [0.2, 0.25) is 17.5 Å². The largest absolute Gasteiger partial charge is 1.00 e. The van der Waals surface area contributed by atoms with Crippen LogP contribution in [0.5, 0.6) is 11.5 Å². The van der Waals surface area contributed by atoms with E-state index in [2.05, 4.69) is 76.6 Å². The van der Waals surface area contributed by atoms with E-state index < -0.39 is 18.5 Å². The zero-order valence-electron chi connectivity index (χ0n) is 60.1. The molecular weight excluding hydrogens is 1480 g/mol. The van der Waals surface area contributed by atoms with Crippen LogP contribution in [0.3, 0.4) is 0 Å². The Hall–Kier alpha value is -9.56. The number of allylic oxidation sites excluding steroid dienone is 4. The number of dihydropyridines is 2. The number of aliphatic carboxylic acids is 1. The van der Waals surface area contributed by atoms with E-state index in [0.29, 0.717) is 110 Å². The van der Waals surface area contributed by atoms with Gasteiger partial charge < -0.3 is 77.7 Å². The van der Waals surface area contributed by atoms with Gasteiger partial charge in [-0.2, -0.15) is 20.4 Å². The van der Waals surface area contributed by atoms with Crippen LogP contribution in [0, 0.1) is 0 Å². The smallest absolute Gasteiger partial charge is 0.341 e. The molecule has 2 aromatic heterocycles. The molecule has 4 aliphatic rings.